The zero-order chi connectivity index (χ0) is 12.6. The van der Waals surface area contributed by atoms with Crippen molar-refractivity contribution in [3.8, 4) is 0 Å². The van der Waals surface area contributed by atoms with Crippen LogP contribution < -0.4 is 0 Å². The van der Waals surface area contributed by atoms with E-state index in [0.29, 0.717) is 12.8 Å². The maximum atomic E-state index is 11.8. The Morgan fingerprint density at radius 3 is 2.53 bits per heavy atom. The Balaban J connectivity index is 2.29. The SMILES string of the molecule is CC1(C(=O)O)CCCC1N1C(=O)CSCC1=O. The molecule has 0 spiro atoms. The lowest BCUT2D eigenvalue weighted by Gasteiger charge is -2.37. The van der Waals surface area contributed by atoms with Crippen LogP contribution in [-0.2, 0) is 14.4 Å². The average Bonchev–Trinajstić information content (AvgIpc) is 2.62. The highest BCUT2D eigenvalue weighted by molar-refractivity contribution is 8.00. The van der Waals surface area contributed by atoms with Crippen LogP contribution in [0.3, 0.4) is 0 Å². The number of hydrogen-bond donors (Lipinski definition) is 1. The van der Waals surface area contributed by atoms with Crippen molar-refractivity contribution >= 4 is 29.5 Å². The van der Waals surface area contributed by atoms with E-state index in [1.54, 1.807) is 6.92 Å². The summed E-state index contributed by atoms with van der Waals surface area (Å²) in [5.41, 5.74) is -0.979. The smallest absolute Gasteiger partial charge is 0.311 e. The number of aliphatic carboxylic acids is 1. The summed E-state index contributed by atoms with van der Waals surface area (Å²) in [6, 6.07) is -0.471. The van der Waals surface area contributed by atoms with E-state index in [-0.39, 0.29) is 23.3 Å². The molecule has 2 atom stereocenters. The van der Waals surface area contributed by atoms with Crippen LogP contribution >= 0.6 is 11.8 Å². The maximum absolute atomic E-state index is 11.8. The summed E-state index contributed by atoms with van der Waals surface area (Å²) >= 11 is 1.29. The highest BCUT2D eigenvalue weighted by atomic mass is 32.2. The normalized spacial score (nSPS) is 34.2. The molecule has 0 aromatic heterocycles. The number of carboxylic acids is 1. The van der Waals surface area contributed by atoms with E-state index < -0.39 is 17.4 Å². The highest BCUT2D eigenvalue weighted by Crippen LogP contribution is 2.42. The Kier molecular flexibility index (Phi) is 3.16. The molecular formula is C11H15NO4S. The van der Waals surface area contributed by atoms with Crippen molar-refractivity contribution in [2.75, 3.05) is 11.5 Å². The second-order valence-electron chi connectivity index (χ2n) is 4.78. The first-order chi connectivity index (χ1) is 7.97. The Bertz CT molecular complexity index is 368. The van der Waals surface area contributed by atoms with Gasteiger partial charge in [0.05, 0.1) is 23.0 Å². The molecule has 1 N–H and O–H groups in total. The predicted molar refractivity (Wildman–Crippen MR) is 62.6 cm³/mol. The number of thioether (sulfide) groups is 1. The summed E-state index contributed by atoms with van der Waals surface area (Å²) in [5, 5.41) is 9.29. The van der Waals surface area contributed by atoms with Crippen LogP contribution in [0.5, 0.6) is 0 Å². The van der Waals surface area contributed by atoms with Gasteiger partial charge in [-0.25, -0.2) is 0 Å². The van der Waals surface area contributed by atoms with Crippen molar-refractivity contribution < 1.29 is 19.5 Å². The van der Waals surface area contributed by atoms with Gasteiger partial charge in [-0.2, -0.15) is 0 Å². The summed E-state index contributed by atoms with van der Waals surface area (Å²) in [6.07, 6.45) is 1.87. The van der Waals surface area contributed by atoms with Gasteiger partial charge in [0.1, 0.15) is 0 Å². The van der Waals surface area contributed by atoms with Gasteiger partial charge in [0.15, 0.2) is 0 Å². The molecular weight excluding hydrogens is 242 g/mol. The standard InChI is InChI=1S/C11H15NO4S/c1-11(10(15)16)4-2-3-7(11)12-8(13)5-17-6-9(12)14/h7H,2-6H2,1H3,(H,15,16). The first kappa shape index (κ1) is 12.4. The van der Waals surface area contributed by atoms with Crippen LogP contribution in [0.2, 0.25) is 0 Å². The third-order valence-corrected chi connectivity index (χ3v) is 4.60. The molecule has 94 valence electrons. The third-order valence-electron chi connectivity index (χ3n) is 3.70. The van der Waals surface area contributed by atoms with E-state index in [1.807, 2.05) is 0 Å². The maximum Gasteiger partial charge on any atom is 0.311 e. The van der Waals surface area contributed by atoms with E-state index in [1.165, 1.54) is 16.7 Å². The molecule has 2 unspecified atom stereocenters. The summed E-state index contributed by atoms with van der Waals surface area (Å²) < 4.78 is 0. The number of imide groups is 1. The largest absolute Gasteiger partial charge is 0.481 e. The molecule has 5 nitrogen and oxygen atoms in total. The van der Waals surface area contributed by atoms with Crippen LogP contribution in [-0.4, -0.2) is 45.3 Å². The lowest BCUT2D eigenvalue weighted by atomic mass is 9.84. The van der Waals surface area contributed by atoms with Gasteiger partial charge in [0.2, 0.25) is 11.8 Å². The van der Waals surface area contributed by atoms with Crippen LogP contribution in [0.1, 0.15) is 26.2 Å². The minimum absolute atomic E-state index is 0.245. The molecule has 0 aromatic carbocycles. The number of carbonyl (C=O) groups is 3. The van der Waals surface area contributed by atoms with Gasteiger partial charge >= 0.3 is 5.97 Å². The molecule has 0 bridgehead atoms. The van der Waals surface area contributed by atoms with Gasteiger partial charge in [-0.05, 0) is 19.8 Å². The van der Waals surface area contributed by atoms with Crippen LogP contribution in [0.4, 0.5) is 0 Å². The molecule has 0 aromatic rings. The summed E-state index contributed by atoms with van der Waals surface area (Å²) in [5.74, 6) is -0.856. The Labute approximate surface area is 104 Å². The van der Waals surface area contributed by atoms with Gasteiger partial charge in [-0.1, -0.05) is 6.42 Å². The summed E-state index contributed by atoms with van der Waals surface area (Å²) in [4.78, 5) is 36.1. The van der Waals surface area contributed by atoms with Crippen molar-refractivity contribution in [2.45, 2.75) is 32.2 Å². The number of carbonyl (C=O) groups excluding carboxylic acids is 2. The fraction of sp³-hybridized carbons (Fsp3) is 0.727. The van der Waals surface area contributed by atoms with Crippen LogP contribution in [0.25, 0.3) is 0 Å². The van der Waals surface area contributed by atoms with Gasteiger partial charge < -0.3 is 5.11 Å². The lowest BCUT2D eigenvalue weighted by Crippen LogP contribution is -2.55. The Morgan fingerprint density at radius 2 is 2.00 bits per heavy atom. The number of amides is 2. The van der Waals surface area contributed by atoms with E-state index in [0.717, 1.165) is 6.42 Å². The molecule has 0 radical (unpaired) electrons. The average molecular weight is 257 g/mol. The van der Waals surface area contributed by atoms with E-state index in [4.69, 9.17) is 0 Å². The molecule has 6 heteroatoms. The number of nitrogens with zero attached hydrogens (tertiary/aromatic N) is 1. The number of carboxylic acid groups (broad SMARTS) is 1. The van der Waals surface area contributed by atoms with Crippen molar-refractivity contribution in [3.63, 3.8) is 0 Å². The molecule has 2 amide bonds. The zero-order valence-corrected chi connectivity index (χ0v) is 10.5. The van der Waals surface area contributed by atoms with Crippen molar-refractivity contribution in [2.24, 2.45) is 5.41 Å². The minimum Gasteiger partial charge on any atom is -0.481 e. The topological polar surface area (TPSA) is 74.7 Å². The molecule has 1 saturated carbocycles. The lowest BCUT2D eigenvalue weighted by molar-refractivity contribution is -0.156. The molecule has 2 aliphatic rings. The van der Waals surface area contributed by atoms with Crippen LogP contribution in [0, 0.1) is 5.41 Å². The zero-order valence-electron chi connectivity index (χ0n) is 9.64. The van der Waals surface area contributed by atoms with Crippen molar-refractivity contribution in [3.05, 3.63) is 0 Å². The van der Waals surface area contributed by atoms with Crippen molar-refractivity contribution in [1.82, 2.24) is 4.90 Å². The van der Waals surface area contributed by atoms with Crippen LogP contribution in [0.15, 0.2) is 0 Å². The van der Waals surface area contributed by atoms with Gasteiger partial charge in [0, 0.05) is 0 Å². The second-order valence-corrected chi connectivity index (χ2v) is 5.77. The quantitative estimate of drug-likeness (QED) is 0.738. The number of rotatable bonds is 2. The fourth-order valence-corrected chi connectivity index (χ4v) is 3.39. The van der Waals surface area contributed by atoms with Gasteiger partial charge in [0.25, 0.3) is 0 Å². The first-order valence-corrected chi connectivity index (χ1v) is 6.78. The third kappa shape index (κ3) is 1.94. The van der Waals surface area contributed by atoms with E-state index in [2.05, 4.69) is 0 Å². The molecule has 1 heterocycles. The molecule has 1 saturated heterocycles. The molecule has 2 rings (SSSR count). The fourth-order valence-electron chi connectivity index (χ4n) is 2.66. The van der Waals surface area contributed by atoms with E-state index in [9.17, 15) is 19.5 Å². The monoisotopic (exact) mass is 257 g/mol. The highest BCUT2D eigenvalue weighted by Gasteiger charge is 2.51. The minimum atomic E-state index is -0.979. The predicted octanol–water partition coefficient (Wildman–Crippen LogP) is 0.732. The van der Waals surface area contributed by atoms with Gasteiger partial charge in [-0.15, -0.1) is 11.8 Å². The molecule has 2 fully saturated rings. The second kappa shape index (κ2) is 4.33. The van der Waals surface area contributed by atoms with Crippen molar-refractivity contribution in [1.29, 1.82) is 0 Å². The van der Waals surface area contributed by atoms with E-state index >= 15 is 0 Å². The number of hydrogen-bond acceptors (Lipinski definition) is 4. The summed E-state index contributed by atoms with van der Waals surface area (Å²) in [7, 11) is 0. The van der Waals surface area contributed by atoms with Gasteiger partial charge in [-0.3, -0.25) is 19.3 Å². The molecule has 1 aliphatic carbocycles. The first-order valence-electron chi connectivity index (χ1n) is 5.63. The summed E-state index contributed by atoms with van der Waals surface area (Å²) in [6.45, 7) is 1.63. The Hall–Kier alpha value is -1.04. The molecule has 17 heavy (non-hydrogen) atoms. The Morgan fingerprint density at radius 1 is 1.41 bits per heavy atom. The molecule has 1 aliphatic heterocycles.